The highest BCUT2D eigenvalue weighted by Gasteiger charge is 2.00. The minimum Gasteiger partial charge on any atom is -0.394 e. The van der Waals surface area contributed by atoms with Gasteiger partial charge in [-0.05, 0) is 6.42 Å². The monoisotopic (exact) mass is 204 g/mol. The van der Waals surface area contributed by atoms with Crippen LogP contribution in [0.1, 0.15) is 45.4 Å². The number of unbranched alkanes of at least 4 members (excludes halogenated alkanes) is 5. The number of aliphatic hydroxyl groups is 2. The zero-order chi connectivity index (χ0) is 10.6. The van der Waals surface area contributed by atoms with Crippen molar-refractivity contribution < 1.29 is 14.9 Å². The van der Waals surface area contributed by atoms with Crippen LogP contribution in [0.15, 0.2) is 0 Å². The second-order valence-electron chi connectivity index (χ2n) is 3.68. The maximum atomic E-state index is 8.96. The van der Waals surface area contributed by atoms with Crippen LogP contribution in [0, 0.1) is 0 Å². The van der Waals surface area contributed by atoms with Crippen LogP contribution < -0.4 is 0 Å². The molecule has 0 amide bonds. The van der Waals surface area contributed by atoms with Gasteiger partial charge in [-0.25, -0.2) is 0 Å². The fraction of sp³-hybridized carbons (Fsp3) is 1.00. The van der Waals surface area contributed by atoms with Crippen LogP contribution in [0.5, 0.6) is 0 Å². The van der Waals surface area contributed by atoms with Crippen molar-refractivity contribution >= 4 is 0 Å². The Morgan fingerprint density at radius 3 is 2.36 bits per heavy atom. The van der Waals surface area contributed by atoms with Gasteiger partial charge in [0.1, 0.15) is 6.10 Å². The van der Waals surface area contributed by atoms with Gasteiger partial charge < -0.3 is 14.9 Å². The summed E-state index contributed by atoms with van der Waals surface area (Å²) < 4.78 is 5.18. The summed E-state index contributed by atoms with van der Waals surface area (Å²) >= 11 is 0. The van der Waals surface area contributed by atoms with Crippen molar-refractivity contribution in [2.75, 3.05) is 19.8 Å². The van der Waals surface area contributed by atoms with Crippen LogP contribution in [0.4, 0.5) is 0 Å². The van der Waals surface area contributed by atoms with Crippen molar-refractivity contribution in [3.05, 3.63) is 0 Å². The minimum atomic E-state index is -0.713. The van der Waals surface area contributed by atoms with Crippen LogP contribution >= 0.6 is 0 Å². The molecule has 3 nitrogen and oxygen atoms in total. The Morgan fingerprint density at radius 2 is 1.71 bits per heavy atom. The van der Waals surface area contributed by atoms with Gasteiger partial charge in [0.05, 0.1) is 13.2 Å². The van der Waals surface area contributed by atoms with Gasteiger partial charge >= 0.3 is 0 Å². The first-order chi connectivity index (χ1) is 6.81. The summed E-state index contributed by atoms with van der Waals surface area (Å²) in [4.78, 5) is 0. The molecule has 86 valence electrons. The lowest BCUT2D eigenvalue weighted by Crippen LogP contribution is -2.19. The molecule has 0 aliphatic rings. The van der Waals surface area contributed by atoms with Crippen LogP contribution in [0.3, 0.4) is 0 Å². The van der Waals surface area contributed by atoms with Crippen LogP contribution in [-0.2, 0) is 4.74 Å². The SMILES string of the molecule is CCCCCCCCOC[C@@H](O)CO. The second-order valence-corrected chi connectivity index (χ2v) is 3.68. The molecule has 0 radical (unpaired) electrons. The maximum absolute atomic E-state index is 8.96. The summed E-state index contributed by atoms with van der Waals surface area (Å²) in [5, 5.41) is 17.5. The Morgan fingerprint density at radius 1 is 1.07 bits per heavy atom. The lowest BCUT2D eigenvalue weighted by Gasteiger charge is -2.07. The van der Waals surface area contributed by atoms with Crippen molar-refractivity contribution in [1.29, 1.82) is 0 Å². The molecule has 0 saturated heterocycles. The summed E-state index contributed by atoms with van der Waals surface area (Å²) in [6.07, 6.45) is 6.74. The van der Waals surface area contributed by atoms with Crippen LogP contribution in [0.25, 0.3) is 0 Å². The molecule has 0 bridgehead atoms. The molecule has 1 atom stereocenters. The quantitative estimate of drug-likeness (QED) is 0.533. The van der Waals surface area contributed by atoms with E-state index in [9.17, 15) is 0 Å². The summed E-state index contributed by atoms with van der Waals surface area (Å²) in [7, 11) is 0. The van der Waals surface area contributed by atoms with E-state index in [1.54, 1.807) is 0 Å². The largest absolute Gasteiger partial charge is 0.394 e. The number of rotatable bonds is 10. The number of hydrogen-bond acceptors (Lipinski definition) is 3. The summed E-state index contributed by atoms with van der Waals surface area (Å²) in [5.74, 6) is 0. The number of hydrogen-bond donors (Lipinski definition) is 2. The minimum absolute atomic E-state index is 0.212. The molecule has 0 spiro atoms. The number of ether oxygens (including phenoxy) is 1. The van der Waals surface area contributed by atoms with E-state index in [-0.39, 0.29) is 13.2 Å². The van der Waals surface area contributed by atoms with E-state index in [4.69, 9.17) is 14.9 Å². The highest BCUT2D eigenvalue weighted by Crippen LogP contribution is 2.04. The summed E-state index contributed by atoms with van der Waals surface area (Å²) in [6, 6.07) is 0. The van der Waals surface area contributed by atoms with Gasteiger partial charge in [0.25, 0.3) is 0 Å². The Labute approximate surface area is 87.1 Å². The van der Waals surface area contributed by atoms with Crippen LogP contribution in [0.2, 0.25) is 0 Å². The molecule has 3 heteroatoms. The first-order valence-electron chi connectivity index (χ1n) is 5.68. The maximum Gasteiger partial charge on any atom is 0.100 e. The molecule has 14 heavy (non-hydrogen) atoms. The van der Waals surface area contributed by atoms with E-state index < -0.39 is 6.10 Å². The van der Waals surface area contributed by atoms with E-state index in [0.717, 1.165) is 6.42 Å². The molecule has 0 aliphatic heterocycles. The summed E-state index contributed by atoms with van der Waals surface area (Å²) in [6.45, 7) is 2.95. The highest BCUT2D eigenvalue weighted by molar-refractivity contribution is 4.49. The number of aliphatic hydroxyl groups excluding tert-OH is 2. The second kappa shape index (κ2) is 11.0. The normalized spacial score (nSPS) is 13.1. The third kappa shape index (κ3) is 9.96. The Hall–Kier alpha value is -0.120. The van der Waals surface area contributed by atoms with Gasteiger partial charge in [0.15, 0.2) is 0 Å². The zero-order valence-corrected chi connectivity index (χ0v) is 9.24. The molecule has 0 aliphatic carbocycles. The molecule has 0 aromatic carbocycles. The standard InChI is InChI=1S/C11H24O3/c1-2-3-4-5-6-7-8-14-10-11(13)9-12/h11-13H,2-10H2,1H3/t11-/m0/s1. The molecular weight excluding hydrogens is 180 g/mol. The van der Waals surface area contributed by atoms with Crippen molar-refractivity contribution in [2.24, 2.45) is 0 Å². The molecule has 0 saturated carbocycles. The van der Waals surface area contributed by atoms with E-state index in [0.29, 0.717) is 6.61 Å². The molecule has 0 fully saturated rings. The fourth-order valence-corrected chi connectivity index (χ4v) is 1.26. The molecular formula is C11H24O3. The van der Waals surface area contributed by atoms with Gasteiger partial charge in [-0.3, -0.25) is 0 Å². The van der Waals surface area contributed by atoms with E-state index >= 15 is 0 Å². The van der Waals surface area contributed by atoms with Crippen molar-refractivity contribution in [3.63, 3.8) is 0 Å². The van der Waals surface area contributed by atoms with Crippen molar-refractivity contribution in [3.8, 4) is 0 Å². The molecule has 0 aromatic rings. The zero-order valence-electron chi connectivity index (χ0n) is 9.24. The van der Waals surface area contributed by atoms with Crippen LogP contribution in [-0.4, -0.2) is 36.1 Å². The predicted octanol–water partition coefficient (Wildman–Crippen LogP) is 1.72. The first kappa shape index (κ1) is 13.9. The Bertz CT molecular complexity index is 107. The van der Waals surface area contributed by atoms with Crippen molar-refractivity contribution in [2.45, 2.75) is 51.6 Å². The average molecular weight is 204 g/mol. The third-order valence-electron chi connectivity index (χ3n) is 2.16. The molecule has 0 rings (SSSR count). The Kier molecular flexibility index (Phi) is 10.9. The summed E-state index contributed by atoms with van der Waals surface area (Å²) in [5.41, 5.74) is 0. The fourth-order valence-electron chi connectivity index (χ4n) is 1.26. The lowest BCUT2D eigenvalue weighted by molar-refractivity contribution is 0.00526. The molecule has 2 N–H and O–H groups in total. The molecule has 0 heterocycles. The smallest absolute Gasteiger partial charge is 0.100 e. The van der Waals surface area contributed by atoms with Gasteiger partial charge in [0, 0.05) is 6.61 Å². The topological polar surface area (TPSA) is 49.7 Å². The average Bonchev–Trinajstić information content (AvgIpc) is 2.21. The van der Waals surface area contributed by atoms with E-state index in [2.05, 4.69) is 6.92 Å². The van der Waals surface area contributed by atoms with Gasteiger partial charge in [-0.1, -0.05) is 39.0 Å². The van der Waals surface area contributed by atoms with Gasteiger partial charge in [-0.2, -0.15) is 0 Å². The highest BCUT2D eigenvalue weighted by atomic mass is 16.5. The van der Waals surface area contributed by atoms with E-state index in [1.165, 1.54) is 32.1 Å². The lowest BCUT2D eigenvalue weighted by atomic mass is 10.1. The Balaban J connectivity index is 2.92. The molecule has 0 aromatic heterocycles. The van der Waals surface area contributed by atoms with E-state index in [1.807, 2.05) is 0 Å². The van der Waals surface area contributed by atoms with Crippen molar-refractivity contribution in [1.82, 2.24) is 0 Å². The molecule has 0 unspecified atom stereocenters. The third-order valence-corrected chi connectivity index (χ3v) is 2.16. The van der Waals surface area contributed by atoms with Gasteiger partial charge in [-0.15, -0.1) is 0 Å². The first-order valence-corrected chi connectivity index (χ1v) is 5.68. The van der Waals surface area contributed by atoms with Gasteiger partial charge in [0.2, 0.25) is 0 Å². The predicted molar refractivity (Wildman–Crippen MR) is 57.3 cm³/mol.